The Labute approximate surface area is 209 Å². The highest BCUT2D eigenvalue weighted by Gasteiger charge is 2.47. The van der Waals surface area contributed by atoms with Gasteiger partial charge in [-0.2, -0.15) is 15.0 Å². The first-order chi connectivity index (χ1) is 17.9. The number of hydrogen-bond acceptors (Lipinski definition) is 13. The van der Waals surface area contributed by atoms with Gasteiger partial charge < -0.3 is 40.3 Å². The molecule has 0 bridgehead atoms. The second kappa shape index (κ2) is 11.3. The Morgan fingerprint density at radius 1 is 1.16 bits per heavy atom. The SMILES string of the molecule is Cc1noc([C@H]2O[C@@H](n3cnc4c(N)nc(N(CO)CCc5ccccc5)nc43)[C@H](O)[C@@H]2O)n1.O=CO. The number of nitrogens with two attached hydrogens (primary N) is 1. The van der Waals surface area contributed by atoms with Crippen molar-refractivity contribution >= 4 is 29.4 Å². The molecule has 15 nitrogen and oxygen atoms in total. The number of aliphatic hydroxyl groups excluding tert-OH is 3. The zero-order valence-corrected chi connectivity index (χ0v) is 19.7. The molecule has 0 aliphatic carbocycles. The second-order valence-corrected chi connectivity index (χ2v) is 8.09. The van der Waals surface area contributed by atoms with Crippen LogP contribution in [0.1, 0.15) is 29.6 Å². The number of aliphatic hydroxyl groups is 3. The molecule has 15 heteroatoms. The lowest BCUT2D eigenvalue weighted by atomic mass is 10.1. The number of aryl methyl sites for hydroxylation is 1. The Hall–Kier alpha value is -4.18. The first-order valence-corrected chi connectivity index (χ1v) is 11.2. The van der Waals surface area contributed by atoms with Crippen molar-refractivity contribution < 1.29 is 34.5 Å². The summed E-state index contributed by atoms with van der Waals surface area (Å²) in [7, 11) is 0. The van der Waals surface area contributed by atoms with E-state index in [1.807, 2.05) is 30.3 Å². The van der Waals surface area contributed by atoms with Crippen molar-refractivity contribution in [3.8, 4) is 0 Å². The van der Waals surface area contributed by atoms with E-state index < -0.39 is 24.5 Å². The quantitative estimate of drug-likeness (QED) is 0.159. The van der Waals surface area contributed by atoms with E-state index >= 15 is 0 Å². The minimum atomic E-state index is -1.33. The summed E-state index contributed by atoms with van der Waals surface area (Å²) in [5, 5.41) is 41.8. The number of rotatable bonds is 7. The van der Waals surface area contributed by atoms with Crippen molar-refractivity contribution in [1.29, 1.82) is 0 Å². The van der Waals surface area contributed by atoms with Gasteiger partial charge in [-0.25, -0.2) is 4.98 Å². The van der Waals surface area contributed by atoms with Crippen LogP contribution in [0.2, 0.25) is 0 Å². The van der Waals surface area contributed by atoms with Crippen molar-refractivity contribution in [2.24, 2.45) is 0 Å². The molecule has 4 aromatic rings. The first-order valence-electron chi connectivity index (χ1n) is 11.2. The van der Waals surface area contributed by atoms with Gasteiger partial charge in [0, 0.05) is 6.54 Å². The maximum Gasteiger partial charge on any atom is 0.290 e. The summed E-state index contributed by atoms with van der Waals surface area (Å²) in [4.78, 5) is 27.1. The third kappa shape index (κ3) is 5.34. The molecule has 196 valence electrons. The average Bonchev–Trinajstić information content (AvgIpc) is 3.59. The van der Waals surface area contributed by atoms with Crippen molar-refractivity contribution in [3.63, 3.8) is 0 Å². The molecule has 1 fully saturated rings. The molecule has 0 amide bonds. The molecule has 0 spiro atoms. The third-order valence-corrected chi connectivity index (χ3v) is 5.70. The van der Waals surface area contributed by atoms with Crippen molar-refractivity contribution in [2.45, 2.75) is 37.9 Å². The Kier molecular flexibility index (Phi) is 7.88. The van der Waals surface area contributed by atoms with Gasteiger partial charge >= 0.3 is 0 Å². The van der Waals surface area contributed by atoms with Gasteiger partial charge in [0.25, 0.3) is 12.4 Å². The number of fused-ring (bicyclic) bond motifs is 1. The van der Waals surface area contributed by atoms with Crippen LogP contribution in [-0.2, 0) is 16.0 Å². The van der Waals surface area contributed by atoms with Gasteiger partial charge in [-0.05, 0) is 18.9 Å². The van der Waals surface area contributed by atoms with Crippen LogP contribution < -0.4 is 10.6 Å². The van der Waals surface area contributed by atoms with Crippen molar-refractivity contribution in [1.82, 2.24) is 29.7 Å². The second-order valence-electron chi connectivity index (χ2n) is 8.09. The lowest BCUT2D eigenvalue weighted by Gasteiger charge is -2.21. The zero-order valence-electron chi connectivity index (χ0n) is 19.7. The van der Waals surface area contributed by atoms with Gasteiger partial charge in [0.05, 0.1) is 6.33 Å². The van der Waals surface area contributed by atoms with Crippen LogP contribution in [0, 0.1) is 6.92 Å². The van der Waals surface area contributed by atoms with Crippen LogP contribution in [0.3, 0.4) is 0 Å². The van der Waals surface area contributed by atoms with Gasteiger partial charge in [0.1, 0.15) is 24.5 Å². The fourth-order valence-electron chi connectivity index (χ4n) is 3.92. The van der Waals surface area contributed by atoms with E-state index in [9.17, 15) is 15.3 Å². The molecular formula is C22H26N8O7. The standard InChI is InChI=1S/C21H24N8O5.CH2O2/c1-11-24-19(34-27-11)16-14(31)15(32)20(33-16)29-9-23-13-17(22)25-21(26-18(13)29)28(10-30)8-7-12-5-3-2-4-6-12;2-1-3/h2-6,9,14-16,20,30-32H,7-8,10H2,1H3,(H2,22,25,26);1H,(H,2,3)/t14-,15+,16-,20+;/m0./s1. The molecular weight excluding hydrogens is 488 g/mol. The molecule has 1 aromatic carbocycles. The normalized spacial score (nSPS) is 21.0. The molecule has 4 atom stereocenters. The molecule has 4 heterocycles. The van der Waals surface area contributed by atoms with Crippen LogP contribution in [-0.4, -0.2) is 82.0 Å². The maximum atomic E-state index is 10.7. The zero-order chi connectivity index (χ0) is 26.5. The molecule has 3 aromatic heterocycles. The number of imidazole rings is 1. The largest absolute Gasteiger partial charge is 0.483 e. The predicted molar refractivity (Wildman–Crippen MR) is 127 cm³/mol. The summed E-state index contributed by atoms with van der Waals surface area (Å²) in [6.45, 7) is 1.50. The monoisotopic (exact) mass is 514 g/mol. The lowest BCUT2D eigenvalue weighted by molar-refractivity contribution is -0.122. The first kappa shape index (κ1) is 25.9. The number of carboxylic acid groups (broad SMARTS) is 1. The van der Waals surface area contributed by atoms with Crippen LogP contribution in [0.25, 0.3) is 11.2 Å². The Morgan fingerprint density at radius 2 is 1.89 bits per heavy atom. The third-order valence-electron chi connectivity index (χ3n) is 5.70. The van der Waals surface area contributed by atoms with E-state index in [1.54, 1.807) is 11.8 Å². The minimum Gasteiger partial charge on any atom is -0.483 e. The fraction of sp³-hybridized carbons (Fsp3) is 0.364. The smallest absolute Gasteiger partial charge is 0.290 e. The minimum absolute atomic E-state index is 0.0539. The van der Waals surface area contributed by atoms with Crippen LogP contribution in [0.4, 0.5) is 11.8 Å². The van der Waals surface area contributed by atoms with E-state index in [0.29, 0.717) is 24.3 Å². The van der Waals surface area contributed by atoms with Gasteiger partial charge in [-0.1, -0.05) is 35.5 Å². The van der Waals surface area contributed by atoms with E-state index in [-0.39, 0.29) is 36.5 Å². The molecule has 1 aliphatic heterocycles. The molecule has 6 N–H and O–H groups in total. The number of benzene rings is 1. The highest BCUT2D eigenvalue weighted by molar-refractivity contribution is 5.83. The molecule has 1 aliphatic rings. The summed E-state index contributed by atoms with van der Waals surface area (Å²) in [6.07, 6.45) is -2.68. The Bertz CT molecular complexity index is 1330. The van der Waals surface area contributed by atoms with Crippen molar-refractivity contribution in [3.05, 3.63) is 53.9 Å². The van der Waals surface area contributed by atoms with Gasteiger partial charge in [-0.15, -0.1) is 0 Å². The van der Waals surface area contributed by atoms with Gasteiger partial charge in [-0.3, -0.25) is 9.36 Å². The summed E-state index contributed by atoms with van der Waals surface area (Å²) < 4.78 is 12.4. The number of carbonyl (C=O) groups is 1. The number of nitrogen functional groups attached to an aromatic ring is 1. The number of nitrogens with zero attached hydrogens (tertiary/aromatic N) is 7. The molecule has 5 rings (SSSR count). The summed E-state index contributed by atoms with van der Waals surface area (Å²) >= 11 is 0. The number of aromatic nitrogens is 6. The summed E-state index contributed by atoms with van der Waals surface area (Å²) in [6, 6.07) is 9.82. The number of ether oxygens (including phenoxy) is 1. The van der Waals surface area contributed by atoms with Gasteiger partial charge in [0.15, 0.2) is 29.6 Å². The highest BCUT2D eigenvalue weighted by atomic mass is 16.6. The fourth-order valence-corrected chi connectivity index (χ4v) is 3.92. The maximum absolute atomic E-state index is 10.7. The Morgan fingerprint density at radius 3 is 2.54 bits per heavy atom. The topological polar surface area (TPSA) is 219 Å². The van der Waals surface area contributed by atoms with E-state index in [2.05, 4.69) is 25.1 Å². The van der Waals surface area contributed by atoms with E-state index in [1.165, 1.54) is 10.9 Å². The Balaban J connectivity index is 0.00000102. The molecule has 37 heavy (non-hydrogen) atoms. The number of hydrogen-bond donors (Lipinski definition) is 5. The average molecular weight is 514 g/mol. The van der Waals surface area contributed by atoms with Gasteiger partial charge in [0.2, 0.25) is 5.95 Å². The van der Waals surface area contributed by atoms with Crippen LogP contribution in [0.5, 0.6) is 0 Å². The van der Waals surface area contributed by atoms with Crippen molar-refractivity contribution in [2.75, 3.05) is 23.9 Å². The van der Waals surface area contributed by atoms with Crippen LogP contribution in [0.15, 0.2) is 41.2 Å². The van der Waals surface area contributed by atoms with E-state index in [4.69, 9.17) is 24.9 Å². The molecule has 0 radical (unpaired) electrons. The van der Waals surface area contributed by atoms with Crippen LogP contribution >= 0.6 is 0 Å². The molecule has 0 saturated carbocycles. The highest BCUT2D eigenvalue weighted by Crippen LogP contribution is 2.39. The number of anilines is 2. The molecule has 0 unspecified atom stereocenters. The summed E-state index contributed by atoms with van der Waals surface area (Å²) in [5.74, 6) is 0.732. The van der Waals surface area contributed by atoms with E-state index in [0.717, 1.165) is 5.56 Å². The predicted octanol–water partition coefficient (Wildman–Crippen LogP) is -0.208. The molecule has 1 saturated heterocycles. The lowest BCUT2D eigenvalue weighted by Crippen LogP contribution is -2.30. The summed E-state index contributed by atoms with van der Waals surface area (Å²) in [5.41, 5.74) is 7.80.